The Morgan fingerprint density at radius 1 is 1.11 bits per heavy atom. The molecule has 0 N–H and O–H groups in total. The number of methoxy groups -OCH3 is 1. The molecule has 2 heterocycles. The number of thioether (sulfide) groups is 1. The normalized spacial score (nSPS) is 11.2. The lowest BCUT2D eigenvalue weighted by Crippen LogP contribution is -2.01. The van der Waals surface area contributed by atoms with Crippen LogP contribution in [0.5, 0.6) is 5.75 Å². The van der Waals surface area contributed by atoms with Crippen molar-refractivity contribution in [3.05, 3.63) is 59.5 Å². The largest absolute Gasteiger partial charge is 0.497 e. The lowest BCUT2D eigenvalue weighted by molar-refractivity contribution is 0.414. The van der Waals surface area contributed by atoms with Gasteiger partial charge in [-0.1, -0.05) is 49.0 Å². The van der Waals surface area contributed by atoms with Crippen molar-refractivity contribution < 1.29 is 4.74 Å². The lowest BCUT2D eigenvalue weighted by atomic mass is 10.1. The molecule has 4 aromatic rings. The van der Waals surface area contributed by atoms with Gasteiger partial charge >= 0.3 is 0 Å². The summed E-state index contributed by atoms with van der Waals surface area (Å²) in [6.07, 6.45) is 1.04. The van der Waals surface area contributed by atoms with Crippen LogP contribution in [-0.2, 0) is 12.3 Å². The Bertz CT molecular complexity index is 1050. The molecule has 0 atom stereocenters. The van der Waals surface area contributed by atoms with Gasteiger partial charge in [-0.05, 0) is 30.2 Å². The van der Waals surface area contributed by atoms with Gasteiger partial charge in [0.15, 0.2) is 11.0 Å². The van der Waals surface area contributed by atoms with Crippen LogP contribution >= 0.6 is 23.1 Å². The Hall–Kier alpha value is -2.31. The van der Waals surface area contributed by atoms with E-state index >= 15 is 0 Å². The first-order valence-corrected chi connectivity index (χ1v) is 10.8. The van der Waals surface area contributed by atoms with Crippen molar-refractivity contribution in [1.29, 1.82) is 0 Å². The first-order valence-electron chi connectivity index (χ1n) is 8.95. The molecule has 0 unspecified atom stereocenters. The van der Waals surface area contributed by atoms with E-state index in [-0.39, 0.29) is 0 Å². The van der Waals surface area contributed by atoms with Gasteiger partial charge in [0, 0.05) is 33.3 Å². The van der Waals surface area contributed by atoms with E-state index in [2.05, 4.69) is 63.5 Å². The third-order valence-corrected chi connectivity index (χ3v) is 6.39. The molecule has 0 saturated heterocycles. The molecule has 0 fully saturated rings. The van der Waals surface area contributed by atoms with Crippen LogP contribution in [-0.4, -0.2) is 21.9 Å². The minimum absolute atomic E-state index is 0.837. The first kappa shape index (κ1) is 18.1. The molecule has 0 aliphatic carbocycles. The third kappa shape index (κ3) is 3.73. The molecular weight excluding hydrogens is 374 g/mol. The van der Waals surface area contributed by atoms with E-state index in [0.717, 1.165) is 35.4 Å². The van der Waals surface area contributed by atoms with Crippen LogP contribution < -0.4 is 4.74 Å². The maximum absolute atomic E-state index is 5.32. The van der Waals surface area contributed by atoms with E-state index in [1.807, 2.05) is 12.1 Å². The van der Waals surface area contributed by atoms with Crippen molar-refractivity contribution in [2.45, 2.75) is 30.8 Å². The van der Waals surface area contributed by atoms with Crippen molar-refractivity contribution in [3.8, 4) is 17.1 Å². The van der Waals surface area contributed by atoms with Gasteiger partial charge in [0.25, 0.3) is 0 Å². The average molecular weight is 396 g/mol. The summed E-state index contributed by atoms with van der Waals surface area (Å²) < 4.78 is 8.85. The number of ether oxygens (including phenoxy) is 1. The number of hydrogen-bond acceptors (Lipinski definition) is 5. The van der Waals surface area contributed by atoms with E-state index in [0.29, 0.717) is 0 Å². The predicted molar refractivity (Wildman–Crippen MR) is 114 cm³/mol. The van der Waals surface area contributed by atoms with Gasteiger partial charge in [0.1, 0.15) is 5.75 Å². The monoisotopic (exact) mass is 395 g/mol. The van der Waals surface area contributed by atoms with Crippen molar-refractivity contribution in [3.63, 3.8) is 0 Å². The van der Waals surface area contributed by atoms with Gasteiger partial charge in [0.05, 0.1) is 7.11 Å². The fourth-order valence-corrected chi connectivity index (χ4v) is 4.93. The van der Waals surface area contributed by atoms with Crippen molar-refractivity contribution >= 4 is 33.2 Å². The molecule has 0 spiro atoms. The summed E-state index contributed by atoms with van der Waals surface area (Å²) in [5.41, 5.74) is 2.39. The summed E-state index contributed by atoms with van der Waals surface area (Å²) in [4.78, 5) is 0. The van der Waals surface area contributed by atoms with Crippen LogP contribution in [0.15, 0.2) is 59.1 Å². The molecule has 0 bridgehead atoms. The zero-order valence-electron chi connectivity index (χ0n) is 15.4. The fourth-order valence-electron chi connectivity index (χ4n) is 3.08. The Kier molecular flexibility index (Phi) is 5.45. The minimum atomic E-state index is 0.837. The topological polar surface area (TPSA) is 39.9 Å². The van der Waals surface area contributed by atoms with Crippen LogP contribution in [0, 0.1) is 0 Å². The molecular formula is C21H21N3OS2. The highest BCUT2D eigenvalue weighted by atomic mass is 32.2. The van der Waals surface area contributed by atoms with Crippen molar-refractivity contribution in [2.75, 3.05) is 7.11 Å². The smallest absolute Gasteiger partial charge is 0.191 e. The summed E-state index contributed by atoms with van der Waals surface area (Å²) in [7, 11) is 1.70. The molecule has 0 saturated carbocycles. The number of benzene rings is 2. The number of fused-ring (bicyclic) bond motifs is 1. The number of nitrogens with zero attached hydrogens (tertiary/aromatic N) is 3. The van der Waals surface area contributed by atoms with Crippen LogP contribution in [0.2, 0.25) is 0 Å². The van der Waals surface area contributed by atoms with Gasteiger partial charge < -0.3 is 9.30 Å². The van der Waals surface area contributed by atoms with E-state index < -0.39 is 0 Å². The highest BCUT2D eigenvalue weighted by Gasteiger charge is 2.17. The molecule has 0 radical (unpaired) electrons. The Morgan fingerprint density at radius 2 is 2.00 bits per heavy atom. The van der Waals surface area contributed by atoms with Gasteiger partial charge in [-0.3, -0.25) is 0 Å². The average Bonchev–Trinajstić information content (AvgIpc) is 3.31. The maximum atomic E-state index is 5.32. The van der Waals surface area contributed by atoms with Crippen molar-refractivity contribution in [2.24, 2.45) is 0 Å². The zero-order chi connectivity index (χ0) is 18.6. The molecule has 138 valence electrons. The summed E-state index contributed by atoms with van der Waals surface area (Å²) in [6.45, 7) is 3.10. The maximum Gasteiger partial charge on any atom is 0.191 e. The van der Waals surface area contributed by atoms with Gasteiger partial charge in [-0.15, -0.1) is 21.5 Å². The fraction of sp³-hybridized carbons (Fsp3) is 0.238. The second-order valence-corrected chi connectivity index (χ2v) is 8.10. The molecule has 6 heteroatoms. The van der Waals surface area contributed by atoms with Crippen LogP contribution in [0.4, 0.5) is 0 Å². The van der Waals surface area contributed by atoms with E-state index in [1.165, 1.54) is 21.2 Å². The van der Waals surface area contributed by atoms with E-state index in [9.17, 15) is 0 Å². The van der Waals surface area contributed by atoms with Gasteiger partial charge in [0.2, 0.25) is 0 Å². The standard InChI is InChI=1S/C21H21N3OS2/c1-3-11-24-20(18-14-26-19-10-5-4-9-17(18)19)22-23-21(24)27-13-15-7-6-8-16(12-15)25-2/h4-10,12,14H,3,11,13H2,1-2H3. The molecule has 2 aromatic carbocycles. The molecule has 0 aliphatic heterocycles. The molecule has 27 heavy (non-hydrogen) atoms. The summed E-state index contributed by atoms with van der Waals surface area (Å²) >= 11 is 3.48. The van der Waals surface area contributed by atoms with Crippen LogP contribution in [0.1, 0.15) is 18.9 Å². The van der Waals surface area contributed by atoms with Crippen LogP contribution in [0.25, 0.3) is 21.5 Å². The second-order valence-electron chi connectivity index (χ2n) is 6.24. The predicted octanol–water partition coefficient (Wildman–Crippen LogP) is 5.87. The highest BCUT2D eigenvalue weighted by Crippen LogP contribution is 2.35. The Balaban J connectivity index is 1.64. The Labute approximate surface area is 167 Å². The zero-order valence-corrected chi connectivity index (χ0v) is 17.0. The number of thiophene rings is 1. The summed E-state index contributed by atoms with van der Waals surface area (Å²) in [5.74, 6) is 2.68. The molecule has 0 aliphatic rings. The lowest BCUT2D eigenvalue weighted by Gasteiger charge is -2.09. The molecule has 2 aromatic heterocycles. The SMILES string of the molecule is CCCn1c(SCc2cccc(OC)c2)nnc1-c1csc2ccccc12. The Morgan fingerprint density at radius 3 is 2.85 bits per heavy atom. The third-order valence-electron chi connectivity index (χ3n) is 4.39. The quantitative estimate of drug-likeness (QED) is 0.367. The minimum Gasteiger partial charge on any atom is -0.497 e. The van der Waals surface area contributed by atoms with Crippen molar-refractivity contribution in [1.82, 2.24) is 14.8 Å². The molecule has 4 rings (SSSR count). The van der Waals surface area contributed by atoms with Crippen LogP contribution in [0.3, 0.4) is 0 Å². The summed E-state index contributed by atoms with van der Waals surface area (Å²) in [6, 6.07) is 16.6. The molecule has 0 amide bonds. The number of hydrogen-bond donors (Lipinski definition) is 0. The van der Waals surface area contributed by atoms with E-state index in [4.69, 9.17) is 4.74 Å². The van der Waals surface area contributed by atoms with Gasteiger partial charge in [-0.2, -0.15) is 0 Å². The first-order chi connectivity index (χ1) is 13.3. The second kappa shape index (κ2) is 8.15. The van der Waals surface area contributed by atoms with Gasteiger partial charge in [-0.25, -0.2) is 0 Å². The number of rotatable bonds is 7. The number of aromatic nitrogens is 3. The summed E-state index contributed by atoms with van der Waals surface area (Å²) in [5, 5.41) is 13.5. The highest BCUT2D eigenvalue weighted by molar-refractivity contribution is 7.98. The van der Waals surface area contributed by atoms with E-state index in [1.54, 1.807) is 30.2 Å². The molecule has 4 nitrogen and oxygen atoms in total.